The van der Waals surface area contributed by atoms with Gasteiger partial charge in [0.2, 0.25) is 0 Å². The molecule has 2 heterocycles. The van der Waals surface area contributed by atoms with Gasteiger partial charge in [-0.1, -0.05) is 11.6 Å². The van der Waals surface area contributed by atoms with Crippen molar-refractivity contribution in [1.29, 1.82) is 0 Å². The molecule has 8 nitrogen and oxygen atoms in total. The molecule has 0 aliphatic carbocycles. The minimum Gasteiger partial charge on any atom is -0.495 e. The molecule has 0 bridgehead atoms. The number of amides is 3. The fourth-order valence-electron chi connectivity index (χ4n) is 2.27. The van der Waals surface area contributed by atoms with Gasteiger partial charge < -0.3 is 14.8 Å². The zero-order valence-electron chi connectivity index (χ0n) is 13.7. The highest BCUT2D eigenvalue weighted by atomic mass is 35.5. The number of nitrogens with zero attached hydrogens (tertiary/aromatic N) is 3. The lowest BCUT2D eigenvalue weighted by molar-refractivity contribution is -0.121. The van der Waals surface area contributed by atoms with Crippen LogP contribution in [0.5, 0.6) is 17.5 Å². The van der Waals surface area contributed by atoms with E-state index in [2.05, 4.69) is 15.3 Å². The Bertz CT molecular complexity index is 856. The number of ether oxygens (including phenoxy) is 2. The first-order valence-electron chi connectivity index (χ1n) is 7.33. The van der Waals surface area contributed by atoms with E-state index in [0.717, 1.165) is 4.90 Å². The molecule has 0 spiro atoms. The van der Waals surface area contributed by atoms with Gasteiger partial charge in [0.05, 0.1) is 12.1 Å². The van der Waals surface area contributed by atoms with Crippen molar-refractivity contribution in [3.63, 3.8) is 0 Å². The molecule has 1 saturated heterocycles. The van der Waals surface area contributed by atoms with Crippen LogP contribution in [-0.4, -0.2) is 34.6 Å². The number of benzene rings is 1. The van der Waals surface area contributed by atoms with Gasteiger partial charge in [0.25, 0.3) is 5.91 Å². The number of methoxy groups -OCH3 is 1. The molecule has 1 aromatic heterocycles. The minimum absolute atomic E-state index is 0.0211. The van der Waals surface area contributed by atoms with E-state index in [9.17, 15) is 9.59 Å². The number of rotatable bonds is 4. The number of hydrogen-bond acceptors (Lipinski definition) is 6. The number of urea groups is 1. The number of nitrogens with one attached hydrogen (secondary N) is 1. The monoisotopic (exact) mass is 362 g/mol. The highest BCUT2D eigenvalue weighted by Gasteiger charge is 2.45. The van der Waals surface area contributed by atoms with Gasteiger partial charge >= 0.3 is 12.0 Å². The smallest absolute Gasteiger partial charge is 0.330 e. The van der Waals surface area contributed by atoms with Crippen molar-refractivity contribution in [3.8, 4) is 17.5 Å². The van der Waals surface area contributed by atoms with Crippen LogP contribution >= 0.6 is 11.6 Å². The molecular formula is C16H15ClN4O4. The summed E-state index contributed by atoms with van der Waals surface area (Å²) in [5.74, 6) is 0.552. The van der Waals surface area contributed by atoms with Gasteiger partial charge in [-0.25, -0.2) is 14.7 Å². The molecule has 25 heavy (non-hydrogen) atoms. The van der Waals surface area contributed by atoms with E-state index in [1.165, 1.54) is 19.4 Å². The van der Waals surface area contributed by atoms with E-state index in [4.69, 9.17) is 21.1 Å². The van der Waals surface area contributed by atoms with Crippen molar-refractivity contribution < 1.29 is 19.1 Å². The molecule has 0 atom stereocenters. The highest BCUT2D eigenvalue weighted by Crippen LogP contribution is 2.31. The number of hydrogen-bond donors (Lipinski definition) is 1. The van der Waals surface area contributed by atoms with Gasteiger partial charge in [-0.05, 0) is 26.0 Å². The summed E-state index contributed by atoms with van der Waals surface area (Å²) in [6.07, 6.45) is 1.40. The lowest BCUT2D eigenvalue weighted by Gasteiger charge is -2.15. The Hall–Kier alpha value is -2.87. The predicted molar refractivity (Wildman–Crippen MR) is 90.2 cm³/mol. The second-order valence-electron chi connectivity index (χ2n) is 5.79. The molecule has 9 heteroatoms. The summed E-state index contributed by atoms with van der Waals surface area (Å²) in [7, 11) is 1.49. The summed E-state index contributed by atoms with van der Waals surface area (Å²) in [6, 6.07) is 5.70. The topological polar surface area (TPSA) is 93.7 Å². The molecule has 0 unspecified atom stereocenters. The fourth-order valence-corrected chi connectivity index (χ4v) is 2.47. The largest absolute Gasteiger partial charge is 0.495 e. The van der Waals surface area contributed by atoms with Gasteiger partial charge in [0.15, 0.2) is 5.82 Å². The van der Waals surface area contributed by atoms with Gasteiger partial charge in [-0.3, -0.25) is 4.79 Å². The van der Waals surface area contributed by atoms with E-state index >= 15 is 0 Å². The third-order valence-electron chi connectivity index (χ3n) is 3.54. The van der Waals surface area contributed by atoms with E-state index in [1.807, 2.05) is 0 Å². The maximum absolute atomic E-state index is 12.3. The van der Waals surface area contributed by atoms with Gasteiger partial charge in [0, 0.05) is 18.3 Å². The zero-order chi connectivity index (χ0) is 18.2. The average Bonchev–Trinajstić information content (AvgIpc) is 2.77. The fraction of sp³-hybridized carbons (Fsp3) is 0.250. The Kier molecular flexibility index (Phi) is 4.22. The van der Waals surface area contributed by atoms with Crippen LogP contribution in [0.3, 0.4) is 0 Å². The highest BCUT2D eigenvalue weighted by molar-refractivity contribution is 6.32. The molecule has 1 aliphatic heterocycles. The summed E-state index contributed by atoms with van der Waals surface area (Å²) < 4.78 is 10.7. The Morgan fingerprint density at radius 2 is 2.00 bits per heavy atom. The summed E-state index contributed by atoms with van der Waals surface area (Å²) >= 11 is 5.97. The molecule has 1 N–H and O–H groups in total. The lowest BCUT2D eigenvalue weighted by Crippen LogP contribution is -2.40. The number of aromatic nitrogens is 2. The lowest BCUT2D eigenvalue weighted by atomic mass is 10.1. The molecular weight excluding hydrogens is 348 g/mol. The normalized spacial score (nSPS) is 15.9. The Labute approximate surface area is 148 Å². The SMILES string of the molecule is COc1cc(Oc2nccc(N3C(=O)NC(C)(C)C3=O)n2)ccc1Cl. The third-order valence-corrected chi connectivity index (χ3v) is 3.85. The third kappa shape index (κ3) is 3.20. The minimum atomic E-state index is -0.993. The average molecular weight is 363 g/mol. The zero-order valence-corrected chi connectivity index (χ0v) is 14.5. The van der Waals surface area contributed by atoms with Crippen LogP contribution in [0, 0.1) is 0 Å². The first-order chi connectivity index (χ1) is 11.8. The van der Waals surface area contributed by atoms with Crippen molar-refractivity contribution in [1.82, 2.24) is 15.3 Å². The maximum atomic E-state index is 12.3. The van der Waals surface area contributed by atoms with Crippen LogP contribution in [0.15, 0.2) is 30.5 Å². The molecule has 1 fully saturated rings. The molecule has 130 valence electrons. The van der Waals surface area contributed by atoms with E-state index < -0.39 is 17.5 Å². The summed E-state index contributed by atoms with van der Waals surface area (Å²) in [5, 5.41) is 3.02. The number of anilines is 1. The maximum Gasteiger partial charge on any atom is 0.330 e. The first kappa shape index (κ1) is 17.0. The van der Waals surface area contributed by atoms with Crippen LogP contribution in [0.2, 0.25) is 5.02 Å². The van der Waals surface area contributed by atoms with Crippen LogP contribution in [-0.2, 0) is 4.79 Å². The van der Waals surface area contributed by atoms with Crippen molar-refractivity contribution in [2.24, 2.45) is 0 Å². The molecule has 0 saturated carbocycles. The number of imide groups is 1. The van der Waals surface area contributed by atoms with E-state index in [0.29, 0.717) is 16.5 Å². The second kappa shape index (κ2) is 6.21. The summed E-state index contributed by atoms with van der Waals surface area (Å²) in [4.78, 5) is 33.5. The Morgan fingerprint density at radius 1 is 1.24 bits per heavy atom. The number of halogens is 1. The number of carbonyl (C=O) groups excluding carboxylic acids is 2. The van der Waals surface area contributed by atoms with Crippen molar-refractivity contribution in [2.75, 3.05) is 12.0 Å². The van der Waals surface area contributed by atoms with Crippen molar-refractivity contribution >= 4 is 29.4 Å². The van der Waals surface area contributed by atoms with Crippen LogP contribution < -0.4 is 19.7 Å². The quantitative estimate of drug-likeness (QED) is 0.840. The molecule has 3 rings (SSSR count). The predicted octanol–water partition coefficient (Wildman–Crippen LogP) is 2.77. The summed E-state index contributed by atoms with van der Waals surface area (Å²) in [5.41, 5.74) is -0.993. The van der Waals surface area contributed by atoms with Crippen LogP contribution in [0.4, 0.5) is 10.6 Å². The van der Waals surface area contributed by atoms with Crippen LogP contribution in [0.1, 0.15) is 13.8 Å². The van der Waals surface area contributed by atoms with Crippen molar-refractivity contribution in [3.05, 3.63) is 35.5 Å². The van der Waals surface area contributed by atoms with Gasteiger partial charge in [-0.15, -0.1) is 0 Å². The summed E-state index contributed by atoms with van der Waals surface area (Å²) in [6.45, 7) is 3.23. The molecule has 1 aliphatic rings. The first-order valence-corrected chi connectivity index (χ1v) is 7.71. The Balaban J connectivity index is 1.88. The second-order valence-corrected chi connectivity index (χ2v) is 6.20. The number of carbonyl (C=O) groups is 2. The Morgan fingerprint density at radius 3 is 2.64 bits per heavy atom. The molecule has 0 radical (unpaired) electrons. The van der Waals surface area contributed by atoms with Crippen LogP contribution in [0.25, 0.3) is 0 Å². The van der Waals surface area contributed by atoms with E-state index in [1.54, 1.807) is 32.0 Å². The van der Waals surface area contributed by atoms with Gasteiger partial charge in [0.1, 0.15) is 17.0 Å². The molecule has 3 amide bonds. The van der Waals surface area contributed by atoms with Crippen molar-refractivity contribution in [2.45, 2.75) is 19.4 Å². The van der Waals surface area contributed by atoms with Gasteiger partial charge in [-0.2, -0.15) is 4.98 Å². The standard InChI is InChI=1S/C16H15ClN4O4/c1-16(2)13(22)21(15(23)20-16)12-6-7-18-14(19-12)25-9-4-5-10(17)11(8-9)24-3/h4-8H,1-3H3,(H,20,23). The molecule has 1 aromatic carbocycles. The molecule has 2 aromatic rings. The van der Waals surface area contributed by atoms with E-state index in [-0.39, 0.29) is 11.8 Å².